The van der Waals surface area contributed by atoms with E-state index in [0.717, 1.165) is 71.8 Å². The zero-order valence-electron chi connectivity index (χ0n) is 28.4. The lowest BCUT2D eigenvalue weighted by Crippen LogP contribution is -2.32. The maximum Gasteiger partial charge on any atom is 0.237 e. The molecule has 5 nitrogen and oxygen atoms in total. The van der Waals surface area contributed by atoms with Crippen molar-refractivity contribution in [1.82, 2.24) is 19.5 Å². The molecule has 0 saturated carbocycles. The first-order chi connectivity index (χ1) is 26.3. The van der Waals surface area contributed by atoms with Crippen LogP contribution in [0.4, 0.5) is 0 Å². The number of pyridine rings is 1. The number of benzene rings is 7. The van der Waals surface area contributed by atoms with E-state index in [2.05, 4.69) is 144 Å². The second kappa shape index (κ2) is 10.5. The van der Waals surface area contributed by atoms with E-state index >= 15 is 0 Å². The number of hydrogen-bond acceptors (Lipinski definition) is 4. The molecule has 0 atom stereocenters. The summed E-state index contributed by atoms with van der Waals surface area (Å²) < 4.78 is 9.46. The summed E-state index contributed by atoms with van der Waals surface area (Å²) in [5.74, 6) is 2.19. The number of nitrogens with zero attached hydrogens (tertiary/aromatic N) is 4. The molecule has 0 saturated heterocycles. The van der Waals surface area contributed by atoms with E-state index in [4.69, 9.17) is 19.7 Å². The quantitative estimate of drug-likeness (QED) is 0.183. The summed E-state index contributed by atoms with van der Waals surface area (Å²) in [6.45, 7) is 0. The topological polar surface area (TPSA) is 52.8 Å². The van der Waals surface area contributed by atoms with E-state index in [1.54, 1.807) is 6.20 Å². The number of para-hydroxylation sites is 1. The number of fused-ring (bicyclic) bond motifs is 16. The fraction of sp³-hybridized carbons (Fsp3) is 0.0208. The van der Waals surface area contributed by atoms with Crippen LogP contribution in [0.1, 0.15) is 22.3 Å². The Morgan fingerprint density at radius 2 is 1.13 bits per heavy atom. The van der Waals surface area contributed by atoms with Crippen molar-refractivity contribution >= 4 is 43.6 Å². The molecular formula is C48H28N4O. The van der Waals surface area contributed by atoms with Crippen molar-refractivity contribution in [2.75, 3.05) is 0 Å². The van der Waals surface area contributed by atoms with E-state index in [0.29, 0.717) is 11.6 Å². The zero-order valence-corrected chi connectivity index (χ0v) is 28.4. The minimum atomic E-state index is -0.601. The van der Waals surface area contributed by atoms with Crippen LogP contribution in [-0.2, 0) is 5.41 Å². The summed E-state index contributed by atoms with van der Waals surface area (Å²) in [7, 11) is 0. The maximum atomic E-state index is 7.22. The molecule has 0 unspecified atom stereocenters. The van der Waals surface area contributed by atoms with Gasteiger partial charge in [-0.25, -0.2) is 9.97 Å². The molecule has 10 aromatic rings. The second-order valence-electron chi connectivity index (χ2n) is 13.9. The minimum Gasteiger partial charge on any atom is -0.454 e. The first-order valence-corrected chi connectivity index (χ1v) is 18.0. The van der Waals surface area contributed by atoms with Crippen LogP contribution in [0.2, 0.25) is 0 Å². The van der Waals surface area contributed by atoms with Gasteiger partial charge < -0.3 is 4.74 Å². The van der Waals surface area contributed by atoms with Crippen molar-refractivity contribution in [1.29, 1.82) is 0 Å². The Morgan fingerprint density at radius 3 is 1.96 bits per heavy atom. The van der Waals surface area contributed by atoms with Crippen LogP contribution in [0.25, 0.3) is 71.9 Å². The molecule has 3 aromatic heterocycles. The van der Waals surface area contributed by atoms with Gasteiger partial charge in [0.05, 0.1) is 16.6 Å². The third-order valence-electron chi connectivity index (χ3n) is 11.3. The molecule has 0 bridgehead atoms. The third kappa shape index (κ3) is 3.68. The molecule has 1 spiro atoms. The standard InChI is InChI=1S/C48H28N4O/c1-2-14-30(15-3-1)42-36-19-12-28-49-46(36)51-47(50-42)52-43-31-16-5-4-13-29(31)24-25-34(43)35-26-27-40-45(44(35)52)53-41-23-11-10-22-39(41)48(40)37-20-8-6-17-32(37)33-18-7-9-21-38(33)48/h1-28H. The molecule has 1 aliphatic heterocycles. The normalized spacial score (nSPS) is 13.6. The molecule has 4 heterocycles. The van der Waals surface area contributed by atoms with Crippen LogP contribution in [-0.4, -0.2) is 19.5 Å². The Kier molecular flexibility index (Phi) is 5.64. The fourth-order valence-electron chi connectivity index (χ4n) is 9.24. The number of rotatable bonds is 2. The van der Waals surface area contributed by atoms with Gasteiger partial charge in [-0.1, -0.05) is 146 Å². The van der Waals surface area contributed by atoms with Gasteiger partial charge in [0.15, 0.2) is 11.4 Å². The predicted molar refractivity (Wildman–Crippen MR) is 212 cm³/mol. The molecule has 0 N–H and O–H groups in total. The van der Waals surface area contributed by atoms with Crippen molar-refractivity contribution in [3.8, 4) is 39.8 Å². The van der Waals surface area contributed by atoms with E-state index in [1.807, 2.05) is 24.3 Å². The number of aromatic nitrogens is 4. The van der Waals surface area contributed by atoms with Crippen LogP contribution in [0, 0.1) is 0 Å². The summed E-state index contributed by atoms with van der Waals surface area (Å²) in [5, 5.41) is 5.34. The van der Waals surface area contributed by atoms with Crippen molar-refractivity contribution < 1.29 is 4.74 Å². The smallest absolute Gasteiger partial charge is 0.237 e. The molecule has 246 valence electrons. The Bertz CT molecular complexity index is 3120. The predicted octanol–water partition coefficient (Wildman–Crippen LogP) is 11.4. The number of hydrogen-bond donors (Lipinski definition) is 0. The maximum absolute atomic E-state index is 7.22. The molecule has 0 amide bonds. The highest BCUT2D eigenvalue weighted by Crippen LogP contribution is 2.63. The van der Waals surface area contributed by atoms with Crippen molar-refractivity contribution in [2.24, 2.45) is 0 Å². The SMILES string of the molecule is c1ccc(-c2nc(-n3c4c5c(ccc4c4ccc6ccccc6c43)C3(c4ccccc4O5)c4ccccc4-c4ccccc43)nc3ncccc23)cc1. The Morgan fingerprint density at radius 1 is 0.472 bits per heavy atom. The van der Waals surface area contributed by atoms with Gasteiger partial charge >= 0.3 is 0 Å². The van der Waals surface area contributed by atoms with Crippen LogP contribution < -0.4 is 4.74 Å². The largest absolute Gasteiger partial charge is 0.454 e. The average Bonchev–Trinajstić information content (AvgIpc) is 3.73. The first-order valence-electron chi connectivity index (χ1n) is 18.0. The van der Waals surface area contributed by atoms with E-state index < -0.39 is 5.41 Å². The van der Waals surface area contributed by atoms with Gasteiger partial charge in [0.25, 0.3) is 0 Å². The van der Waals surface area contributed by atoms with Crippen molar-refractivity contribution in [3.63, 3.8) is 0 Å². The monoisotopic (exact) mass is 676 g/mol. The molecule has 1 aliphatic carbocycles. The lowest BCUT2D eigenvalue weighted by Gasteiger charge is -2.39. The lowest BCUT2D eigenvalue weighted by atomic mass is 9.66. The van der Waals surface area contributed by atoms with E-state index in [-0.39, 0.29) is 0 Å². The van der Waals surface area contributed by atoms with Crippen LogP contribution >= 0.6 is 0 Å². The summed E-state index contributed by atoms with van der Waals surface area (Å²) in [6, 6.07) is 58.1. The van der Waals surface area contributed by atoms with E-state index in [9.17, 15) is 0 Å². The van der Waals surface area contributed by atoms with Gasteiger partial charge in [-0.15, -0.1) is 0 Å². The van der Waals surface area contributed by atoms with Gasteiger partial charge in [0.1, 0.15) is 11.3 Å². The minimum absolute atomic E-state index is 0.545. The molecule has 5 heteroatoms. The molecular weight excluding hydrogens is 649 g/mol. The van der Waals surface area contributed by atoms with Crippen LogP contribution in [0.15, 0.2) is 170 Å². The van der Waals surface area contributed by atoms with Gasteiger partial charge in [0, 0.05) is 44.4 Å². The van der Waals surface area contributed by atoms with Crippen LogP contribution in [0.5, 0.6) is 11.5 Å². The van der Waals surface area contributed by atoms with Gasteiger partial charge in [-0.2, -0.15) is 4.98 Å². The summed E-state index contributed by atoms with van der Waals surface area (Å²) >= 11 is 0. The first kappa shape index (κ1) is 28.6. The highest BCUT2D eigenvalue weighted by atomic mass is 16.5. The Balaban J connectivity index is 1.29. The van der Waals surface area contributed by atoms with Gasteiger partial charge in [-0.05, 0) is 45.8 Å². The Labute approximate surface area is 304 Å². The highest BCUT2D eigenvalue weighted by molar-refractivity contribution is 6.20. The lowest BCUT2D eigenvalue weighted by molar-refractivity contribution is 0.440. The summed E-state index contributed by atoms with van der Waals surface area (Å²) in [6.07, 6.45) is 1.80. The van der Waals surface area contributed by atoms with Gasteiger partial charge in [0.2, 0.25) is 5.95 Å². The van der Waals surface area contributed by atoms with E-state index in [1.165, 1.54) is 22.3 Å². The average molecular weight is 677 g/mol. The molecule has 0 fully saturated rings. The summed E-state index contributed by atoms with van der Waals surface area (Å²) in [4.78, 5) is 15.5. The molecule has 7 aromatic carbocycles. The summed E-state index contributed by atoms with van der Waals surface area (Å²) in [5.41, 5.74) is 11.1. The Hall–Kier alpha value is -7.11. The zero-order chi connectivity index (χ0) is 34.7. The molecule has 12 rings (SSSR count). The van der Waals surface area contributed by atoms with Gasteiger partial charge in [-0.3, -0.25) is 4.57 Å². The second-order valence-corrected chi connectivity index (χ2v) is 13.9. The molecule has 53 heavy (non-hydrogen) atoms. The fourth-order valence-corrected chi connectivity index (χ4v) is 9.24. The van der Waals surface area contributed by atoms with Crippen molar-refractivity contribution in [2.45, 2.75) is 5.41 Å². The van der Waals surface area contributed by atoms with Crippen molar-refractivity contribution in [3.05, 3.63) is 192 Å². The number of ether oxygens (including phenoxy) is 1. The van der Waals surface area contributed by atoms with Crippen LogP contribution in [0.3, 0.4) is 0 Å². The third-order valence-corrected chi connectivity index (χ3v) is 11.3. The molecule has 2 aliphatic rings. The highest BCUT2D eigenvalue weighted by Gasteiger charge is 2.51. The molecule has 0 radical (unpaired) electrons.